The number of aromatic nitrogens is 2. The van der Waals surface area contributed by atoms with E-state index in [9.17, 15) is 4.79 Å². The zero-order valence-electron chi connectivity index (χ0n) is 17.7. The first-order chi connectivity index (χ1) is 15.7. The number of aromatic amines is 1. The molecule has 1 aliphatic rings. The predicted octanol–water partition coefficient (Wildman–Crippen LogP) is 6.42. The van der Waals surface area contributed by atoms with E-state index in [0.29, 0.717) is 5.92 Å². The molecule has 4 heteroatoms. The molecule has 2 N–H and O–H groups in total. The number of aliphatic carboxylic acids is 1. The van der Waals surface area contributed by atoms with Crippen molar-refractivity contribution in [2.75, 3.05) is 0 Å². The van der Waals surface area contributed by atoms with E-state index >= 15 is 0 Å². The fraction of sp³-hybridized carbons (Fsp3) is 0.143. The van der Waals surface area contributed by atoms with E-state index in [1.165, 1.54) is 47.6 Å². The van der Waals surface area contributed by atoms with Crippen LogP contribution in [0.5, 0.6) is 0 Å². The highest BCUT2D eigenvalue weighted by atomic mass is 16.4. The number of rotatable bonds is 6. The molecule has 0 bridgehead atoms. The summed E-state index contributed by atoms with van der Waals surface area (Å²) in [6.07, 6.45) is 8.30. The van der Waals surface area contributed by atoms with Crippen LogP contribution in [0.1, 0.15) is 41.5 Å². The van der Waals surface area contributed by atoms with Gasteiger partial charge in [-0.3, -0.25) is 5.10 Å². The lowest BCUT2D eigenvalue weighted by molar-refractivity contribution is -0.131. The minimum atomic E-state index is -0.945. The Kier molecular flexibility index (Phi) is 5.42. The minimum absolute atomic E-state index is 0.527. The molecule has 1 aliphatic carbocycles. The molecule has 4 aromatic rings. The second-order valence-electron chi connectivity index (χ2n) is 8.25. The number of allylic oxidation sites excluding steroid dienone is 1. The molecule has 0 radical (unpaired) electrons. The molecular weight excluding hydrogens is 396 g/mol. The number of carboxylic acids is 1. The van der Waals surface area contributed by atoms with Crippen molar-refractivity contribution in [2.24, 2.45) is 5.92 Å². The molecule has 158 valence electrons. The van der Waals surface area contributed by atoms with Crippen molar-refractivity contribution in [3.63, 3.8) is 0 Å². The van der Waals surface area contributed by atoms with E-state index in [0.717, 1.165) is 22.0 Å². The number of nitrogens with zero attached hydrogens (tertiary/aromatic N) is 1. The molecular formula is C28H24N2O2. The van der Waals surface area contributed by atoms with Crippen molar-refractivity contribution in [1.82, 2.24) is 10.2 Å². The van der Waals surface area contributed by atoms with Crippen LogP contribution in [0.25, 0.3) is 28.1 Å². The second kappa shape index (κ2) is 8.67. The quantitative estimate of drug-likeness (QED) is 0.279. The zero-order valence-corrected chi connectivity index (χ0v) is 17.7. The summed E-state index contributed by atoms with van der Waals surface area (Å²) in [5.41, 5.74) is 8.06. The Hall–Kier alpha value is -3.92. The fourth-order valence-corrected chi connectivity index (χ4v) is 4.40. The third-order valence-corrected chi connectivity index (χ3v) is 6.21. The fourth-order valence-electron chi connectivity index (χ4n) is 4.40. The zero-order chi connectivity index (χ0) is 21.9. The molecule has 1 fully saturated rings. The molecule has 5 rings (SSSR count). The van der Waals surface area contributed by atoms with Gasteiger partial charge in [0.25, 0.3) is 0 Å². The number of carboxylic acid groups (broad SMARTS) is 1. The van der Waals surface area contributed by atoms with Gasteiger partial charge in [0.1, 0.15) is 0 Å². The first kappa shape index (κ1) is 20.0. The van der Waals surface area contributed by atoms with Crippen LogP contribution in [-0.4, -0.2) is 21.3 Å². The topological polar surface area (TPSA) is 66.0 Å². The lowest BCUT2D eigenvalue weighted by atomic mass is 9.73. The molecule has 1 heterocycles. The summed E-state index contributed by atoms with van der Waals surface area (Å²) in [7, 11) is 0. The van der Waals surface area contributed by atoms with Gasteiger partial charge < -0.3 is 5.11 Å². The Bertz CT molecular complexity index is 1310. The highest BCUT2D eigenvalue weighted by molar-refractivity contribution is 6.01. The Labute approximate surface area is 186 Å². The van der Waals surface area contributed by atoms with Crippen LogP contribution in [0.3, 0.4) is 0 Å². The largest absolute Gasteiger partial charge is 0.478 e. The average Bonchev–Trinajstić information content (AvgIpc) is 3.25. The van der Waals surface area contributed by atoms with Crippen LogP contribution in [0.4, 0.5) is 0 Å². The van der Waals surface area contributed by atoms with Gasteiger partial charge >= 0.3 is 5.97 Å². The molecule has 0 saturated heterocycles. The van der Waals surface area contributed by atoms with Crippen LogP contribution < -0.4 is 0 Å². The summed E-state index contributed by atoms with van der Waals surface area (Å²) in [6.45, 7) is 0. The van der Waals surface area contributed by atoms with Gasteiger partial charge in [-0.05, 0) is 70.4 Å². The Morgan fingerprint density at radius 3 is 2.38 bits per heavy atom. The van der Waals surface area contributed by atoms with Gasteiger partial charge in [0, 0.05) is 11.5 Å². The van der Waals surface area contributed by atoms with Crippen molar-refractivity contribution in [3.05, 3.63) is 107 Å². The average molecular weight is 421 g/mol. The maximum atomic E-state index is 10.9. The smallest absolute Gasteiger partial charge is 0.328 e. The van der Waals surface area contributed by atoms with Crippen molar-refractivity contribution in [1.29, 1.82) is 0 Å². The second-order valence-corrected chi connectivity index (χ2v) is 8.25. The summed E-state index contributed by atoms with van der Waals surface area (Å²) in [6, 6.07) is 25.3. The highest BCUT2D eigenvalue weighted by Gasteiger charge is 2.27. The third kappa shape index (κ3) is 4.00. The molecule has 4 nitrogen and oxygen atoms in total. The predicted molar refractivity (Wildman–Crippen MR) is 129 cm³/mol. The monoisotopic (exact) mass is 420 g/mol. The Balaban J connectivity index is 1.71. The highest BCUT2D eigenvalue weighted by Crippen LogP contribution is 2.45. The van der Waals surface area contributed by atoms with Crippen molar-refractivity contribution in [3.8, 4) is 0 Å². The molecule has 1 saturated carbocycles. The van der Waals surface area contributed by atoms with Crippen LogP contribution in [0.2, 0.25) is 0 Å². The summed E-state index contributed by atoms with van der Waals surface area (Å²) < 4.78 is 0. The third-order valence-electron chi connectivity index (χ3n) is 6.21. The van der Waals surface area contributed by atoms with Gasteiger partial charge in [0.2, 0.25) is 0 Å². The standard InChI is InChI=1S/C28H24N2O2/c31-26(32)16-11-19-9-12-22(13-10-19)28(23-14-15-25-24(17-23)18-29-30-25)27(21-7-4-8-21)20-5-2-1-3-6-20/h1-3,5-6,9-18,21H,4,7-8H2,(H,29,30)(H,31,32)/b16-11?,28-27-. The lowest BCUT2D eigenvalue weighted by Gasteiger charge is -2.31. The molecule has 0 spiro atoms. The molecule has 3 aromatic carbocycles. The van der Waals surface area contributed by atoms with Gasteiger partial charge in [-0.25, -0.2) is 4.79 Å². The van der Waals surface area contributed by atoms with Gasteiger partial charge in [0.05, 0.1) is 11.7 Å². The van der Waals surface area contributed by atoms with Crippen molar-refractivity contribution in [2.45, 2.75) is 19.3 Å². The van der Waals surface area contributed by atoms with Crippen molar-refractivity contribution >= 4 is 34.1 Å². The molecule has 0 atom stereocenters. The normalized spacial score (nSPS) is 15.0. The first-order valence-corrected chi connectivity index (χ1v) is 10.9. The molecule has 1 aromatic heterocycles. The number of nitrogens with one attached hydrogen (secondary N) is 1. The molecule has 0 aliphatic heterocycles. The number of carbonyl (C=O) groups is 1. The summed E-state index contributed by atoms with van der Waals surface area (Å²) in [5, 5.41) is 17.2. The number of fused-ring (bicyclic) bond motifs is 1. The van der Waals surface area contributed by atoms with E-state index in [1.807, 2.05) is 18.3 Å². The van der Waals surface area contributed by atoms with Crippen LogP contribution in [0.15, 0.2) is 85.1 Å². The summed E-state index contributed by atoms with van der Waals surface area (Å²) >= 11 is 0. The summed E-state index contributed by atoms with van der Waals surface area (Å²) in [4.78, 5) is 10.9. The maximum Gasteiger partial charge on any atom is 0.328 e. The van der Waals surface area contributed by atoms with E-state index in [-0.39, 0.29) is 0 Å². The first-order valence-electron chi connectivity index (χ1n) is 10.9. The Morgan fingerprint density at radius 2 is 1.69 bits per heavy atom. The number of hydrogen-bond donors (Lipinski definition) is 2. The van der Waals surface area contributed by atoms with E-state index in [4.69, 9.17) is 5.11 Å². The number of hydrogen-bond acceptors (Lipinski definition) is 2. The van der Waals surface area contributed by atoms with E-state index < -0.39 is 5.97 Å². The number of H-pyrrole nitrogens is 1. The molecule has 0 unspecified atom stereocenters. The van der Waals surface area contributed by atoms with Crippen LogP contribution in [0, 0.1) is 5.92 Å². The van der Waals surface area contributed by atoms with E-state index in [1.54, 1.807) is 6.08 Å². The minimum Gasteiger partial charge on any atom is -0.478 e. The van der Waals surface area contributed by atoms with Gasteiger partial charge in [0.15, 0.2) is 0 Å². The lowest BCUT2D eigenvalue weighted by Crippen LogP contribution is -2.15. The number of benzene rings is 3. The summed E-state index contributed by atoms with van der Waals surface area (Å²) in [5.74, 6) is -0.418. The maximum absolute atomic E-state index is 10.9. The van der Waals surface area contributed by atoms with Crippen molar-refractivity contribution < 1.29 is 9.90 Å². The van der Waals surface area contributed by atoms with Crippen LogP contribution in [-0.2, 0) is 4.79 Å². The van der Waals surface area contributed by atoms with Crippen LogP contribution >= 0.6 is 0 Å². The van der Waals surface area contributed by atoms with Gasteiger partial charge in [-0.1, -0.05) is 67.1 Å². The van der Waals surface area contributed by atoms with Gasteiger partial charge in [-0.2, -0.15) is 5.10 Å². The van der Waals surface area contributed by atoms with Gasteiger partial charge in [-0.15, -0.1) is 0 Å². The Morgan fingerprint density at radius 1 is 0.938 bits per heavy atom. The van der Waals surface area contributed by atoms with E-state index in [2.05, 4.69) is 70.9 Å². The SMILES string of the molecule is O=C(O)C=Cc1ccc(/C(=C(\c2ccccc2)C2CCC2)c2ccc3[nH]ncc3c2)cc1. The molecule has 0 amide bonds. The molecule has 32 heavy (non-hydrogen) atoms.